The molecule has 33 heteroatoms. The van der Waals surface area contributed by atoms with Crippen LogP contribution in [0.2, 0.25) is 0 Å². The molecule has 8 rings (SSSR count). The monoisotopic (exact) mass is 1360 g/mol. The Morgan fingerprint density at radius 1 is 0.299 bits per heavy atom. The van der Waals surface area contributed by atoms with Crippen LogP contribution in [0.4, 0.5) is 0 Å². The van der Waals surface area contributed by atoms with Gasteiger partial charge in [-0.05, 0) is 113 Å². The van der Waals surface area contributed by atoms with Crippen LogP contribution in [-0.4, -0.2) is 183 Å². The summed E-state index contributed by atoms with van der Waals surface area (Å²) in [6.07, 6.45) is 0. The highest BCUT2D eigenvalue weighted by atomic mass is 16.5. The zero-order valence-corrected chi connectivity index (χ0v) is 50.9. The molecule has 8 aromatic rings. The predicted molar refractivity (Wildman–Crippen MR) is 332 cm³/mol. The lowest BCUT2D eigenvalue weighted by Gasteiger charge is -2.06. The summed E-state index contributed by atoms with van der Waals surface area (Å²) in [6.45, 7) is -1.26. The van der Waals surface area contributed by atoms with Gasteiger partial charge in [0.15, 0.2) is 23.0 Å². The second-order valence-electron chi connectivity index (χ2n) is 18.1. The maximum atomic E-state index is 10.6. The Morgan fingerprint density at radius 2 is 0.845 bits per heavy atom. The average Bonchev–Trinajstić information content (AvgIpc) is 0.916. The van der Waals surface area contributed by atoms with E-state index in [2.05, 4.69) is 4.74 Å². The van der Waals surface area contributed by atoms with Crippen molar-refractivity contribution in [2.75, 3.05) is 28.4 Å². The standard InChI is InChI=1S/C8H8O5.7C8H8O4/c1-13-6-3-4(9)2-5(10)7(6)8(11)12;9-4-5-1-6(8(11)12)3-7(10)2-5;1-12-7-3-2-5(8(10)11)4-6(7)9;1-12-5-2-3-6(8(10)11)7(9)4-5;1-12-7-5(8(10)11)3-2-4-6(7)9;9-4-5-1-2-6(10)3-7(5)8(11)12;9-4-5-1-2-7(10)6(3-5)8(11)12;9-4-5-2-1-3-6(10)7(5)8(11)12/h2-3,9-10H,1H3,(H,11,12);1-3,9-10H,4H2,(H,11,12);3*2-4,9H,1H3,(H,10,11);3*1-3,9-10H,4H2,(H,11,12). The number of hydrogen-bond acceptors (Lipinski definition) is 25. The predicted octanol–water partition coefficient (Wildman–Crippen LogP) is 6.43. The molecule has 0 aliphatic rings. The minimum Gasteiger partial charge on any atom is -0.508 e. The fraction of sp³-hybridized carbons (Fsp3) is 0.125. The zero-order chi connectivity index (χ0) is 74.0. The number of carbonyl (C=O) groups is 8. The lowest BCUT2D eigenvalue weighted by molar-refractivity contribution is 0.0678. The van der Waals surface area contributed by atoms with E-state index in [4.69, 9.17) is 121 Å². The van der Waals surface area contributed by atoms with Crippen LogP contribution in [0.5, 0.6) is 74.7 Å². The summed E-state index contributed by atoms with van der Waals surface area (Å²) in [7, 11) is 5.40. The van der Waals surface area contributed by atoms with Gasteiger partial charge in [0.05, 0.1) is 71.6 Å². The minimum absolute atomic E-state index is 0.00926. The van der Waals surface area contributed by atoms with Crippen molar-refractivity contribution in [2.24, 2.45) is 0 Å². The molecule has 0 saturated carbocycles. The first-order valence-corrected chi connectivity index (χ1v) is 26.4. The van der Waals surface area contributed by atoms with Crippen LogP contribution in [0.3, 0.4) is 0 Å². The number of para-hydroxylation sites is 1. The Morgan fingerprint density at radius 3 is 1.30 bits per heavy atom. The molecule has 97 heavy (non-hydrogen) atoms. The summed E-state index contributed by atoms with van der Waals surface area (Å²) in [6, 6.07) is 29.8. The van der Waals surface area contributed by atoms with E-state index in [1.54, 1.807) is 0 Å². The molecule has 33 nitrogen and oxygen atoms in total. The Labute approximate surface area is 546 Å². The highest BCUT2D eigenvalue weighted by molar-refractivity contribution is 5.95. The lowest BCUT2D eigenvalue weighted by atomic mass is 10.1. The number of carboxylic acids is 8. The Bertz CT molecular complexity index is 4020. The normalized spacial score (nSPS) is 9.61. The molecule has 0 fully saturated rings. The van der Waals surface area contributed by atoms with Crippen LogP contribution in [0, 0.1) is 0 Å². The van der Waals surface area contributed by atoms with Gasteiger partial charge in [-0.1, -0.05) is 30.3 Å². The molecule has 0 aromatic heterocycles. The number of phenolic OH excluding ortho intramolecular Hbond substituents is 5. The fourth-order valence-corrected chi connectivity index (χ4v) is 7.12. The molecule has 0 bridgehead atoms. The van der Waals surface area contributed by atoms with Crippen LogP contribution in [-0.2, 0) is 26.4 Å². The van der Waals surface area contributed by atoms with E-state index in [9.17, 15) is 38.4 Å². The van der Waals surface area contributed by atoms with Gasteiger partial charge in [-0.25, -0.2) is 38.4 Å². The van der Waals surface area contributed by atoms with Crippen LogP contribution in [0.25, 0.3) is 0 Å². The number of aliphatic hydroxyl groups is 4. The summed E-state index contributed by atoms with van der Waals surface area (Å²) in [5.74, 6) is -11.1. The highest BCUT2D eigenvalue weighted by Crippen LogP contribution is 2.33. The first-order chi connectivity index (χ1) is 45.6. The van der Waals surface area contributed by atoms with Crippen molar-refractivity contribution in [3.63, 3.8) is 0 Å². The number of ether oxygens (including phenoxy) is 4. The molecule has 0 spiro atoms. The Balaban J connectivity index is 0.000000554. The zero-order valence-electron chi connectivity index (χ0n) is 50.9. The number of carboxylic acid groups (broad SMARTS) is 8. The number of aromatic hydroxyl groups is 9. The SMILES string of the molecule is COc1c(O)cccc1C(=O)O.COc1cc(O)cc(O)c1C(=O)O.COc1ccc(C(=O)O)c(O)c1.COc1ccc(C(=O)O)cc1O.O=C(O)c1c(O)cccc1CO.O=C(O)c1cc(CO)ccc1O.O=C(O)c1cc(O)cc(CO)c1.O=C(O)c1cc(O)ccc1CO. The molecule has 0 atom stereocenters. The number of benzene rings is 8. The van der Waals surface area contributed by atoms with E-state index >= 15 is 0 Å². The molecule has 0 aliphatic carbocycles. The van der Waals surface area contributed by atoms with Gasteiger partial charge in [0.1, 0.15) is 79.6 Å². The van der Waals surface area contributed by atoms with Gasteiger partial charge < -0.3 is 126 Å². The first kappa shape index (κ1) is 81.8. The second-order valence-corrected chi connectivity index (χ2v) is 18.1. The van der Waals surface area contributed by atoms with E-state index in [1.807, 2.05) is 0 Å². The third-order valence-corrected chi connectivity index (χ3v) is 11.7. The lowest BCUT2D eigenvalue weighted by Crippen LogP contribution is -2.02. The number of methoxy groups -OCH3 is 4. The summed E-state index contributed by atoms with van der Waals surface area (Å²) < 4.78 is 18.9. The highest BCUT2D eigenvalue weighted by Gasteiger charge is 2.19. The van der Waals surface area contributed by atoms with Gasteiger partial charge in [-0.2, -0.15) is 0 Å². The van der Waals surface area contributed by atoms with Gasteiger partial charge in [0.2, 0.25) is 0 Å². The molecule has 21 N–H and O–H groups in total. The van der Waals surface area contributed by atoms with E-state index < -0.39 is 60.1 Å². The maximum absolute atomic E-state index is 10.6. The van der Waals surface area contributed by atoms with Gasteiger partial charge in [0, 0.05) is 18.2 Å². The number of rotatable bonds is 16. The van der Waals surface area contributed by atoms with Crippen molar-refractivity contribution in [3.05, 3.63) is 206 Å². The van der Waals surface area contributed by atoms with Crippen LogP contribution in [0.1, 0.15) is 105 Å². The Kier molecular flexibility index (Phi) is 34.2. The van der Waals surface area contributed by atoms with Crippen molar-refractivity contribution in [3.8, 4) is 74.7 Å². The largest absolute Gasteiger partial charge is 0.508 e. The van der Waals surface area contributed by atoms with E-state index in [0.29, 0.717) is 22.4 Å². The van der Waals surface area contributed by atoms with Crippen LogP contribution < -0.4 is 18.9 Å². The molecule has 0 saturated heterocycles. The van der Waals surface area contributed by atoms with Crippen molar-refractivity contribution in [1.82, 2.24) is 0 Å². The molecular weight excluding hydrogens is 1300 g/mol. The van der Waals surface area contributed by atoms with Crippen molar-refractivity contribution < 1.29 is 165 Å². The third-order valence-electron chi connectivity index (χ3n) is 11.7. The topological polar surface area (TPSA) is 598 Å². The van der Waals surface area contributed by atoms with E-state index in [0.717, 1.165) is 30.3 Å². The smallest absolute Gasteiger partial charge is 0.343 e. The van der Waals surface area contributed by atoms with Crippen molar-refractivity contribution in [2.45, 2.75) is 26.4 Å². The molecule has 0 radical (unpaired) electrons. The van der Waals surface area contributed by atoms with Gasteiger partial charge in [-0.15, -0.1) is 0 Å². The number of phenols is 9. The molecule has 8 aromatic carbocycles. The quantitative estimate of drug-likeness (QED) is 0.0495. The summed E-state index contributed by atoms with van der Waals surface area (Å²) in [4.78, 5) is 83.9. The number of aromatic carboxylic acids is 8. The minimum atomic E-state index is -1.31. The molecule has 0 amide bonds. The number of hydrogen-bond donors (Lipinski definition) is 21. The van der Waals surface area contributed by atoms with Crippen LogP contribution in [0.15, 0.2) is 140 Å². The molecule has 0 unspecified atom stereocenters. The van der Waals surface area contributed by atoms with Crippen molar-refractivity contribution >= 4 is 47.8 Å². The first-order valence-electron chi connectivity index (χ1n) is 26.4. The van der Waals surface area contributed by atoms with E-state index in [1.165, 1.54) is 138 Å². The van der Waals surface area contributed by atoms with Gasteiger partial charge >= 0.3 is 47.8 Å². The number of aliphatic hydroxyl groups excluding tert-OH is 4. The summed E-state index contributed by atoms with van der Waals surface area (Å²) in [5, 5.41) is 185. The van der Waals surface area contributed by atoms with E-state index in [-0.39, 0.29) is 133 Å². The Hall–Kier alpha value is -13.2. The average molecular weight is 1360 g/mol. The molecule has 0 heterocycles. The molecular formula is C64H64O33. The molecule has 518 valence electrons. The maximum Gasteiger partial charge on any atom is 0.343 e. The summed E-state index contributed by atoms with van der Waals surface area (Å²) in [5.41, 5.74) is 0.320. The van der Waals surface area contributed by atoms with Crippen LogP contribution >= 0.6 is 0 Å². The van der Waals surface area contributed by atoms with Crippen molar-refractivity contribution in [1.29, 1.82) is 0 Å². The van der Waals surface area contributed by atoms with Gasteiger partial charge in [0.25, 0.3) is 0 Å². The van der Waals surface area contributed by atoms with Gasteiger partial charge in [-0.3, -0.25) is 0 Å². The fourth-order valence-electron chi connectivity index (χ4n) is 7.12. The third kappa shape index (κ3) is 26.5. The molecule has 0 aliphatic heterocycles. The summed E-state index contributed by atoms with van der Waals surface area (Å²) >= 11 is 0. The second kappa shape index (κ2) is 40.6.